The van der Waals surface area contributed by atoms with Crippen LogP contribution in [0.2, 0.25) is 0 Å². The quantitative estimate of drug-likeness (QED) is 0.673. The predicted octanol–water partition coefficient (Wildman–Crippen LogP) is 2.66. The van der Waals surface area contributed by atoms with E-state index in [9.17, 15) is 0 Å². The van der Waals surface area contributed by atoms with Crippen LogP contribution >= 0.6 is 0 Å². The SMILES string of the molecule is NC(=NCCc1ccccc1)NC1CCOc2ccccc21. The molecule has 0 aromatic heterocycles. The maximum Gasteiger partial charge on any atom is 0.189 e. The molecule has 4 heteroatoms. The van der Waals surface area contributed by atoms with Crippen molar-refractivity contribution in [2.45, 2.75) is 18.9 Å². The molecule has 22 heavy (non-hydrogen) atoms. The molecule has 1 heterocycles. The number of guanidine groups is 1. The van der Waals surface area contributed by atoms with Crippen molar-refractivity contribution in [2.24, 2.45) is 10.7 Å². The van der Waals surface area contributed by atoms with Crippen LogP contribution in [0.4, 0.5) is 0 Å². The Morgan fingerprint density at radius 3 is 2.77 bits per heavy atom. The Labute approximate surface area is 131 Å². The molecule has 1 atom stereocenters. The molecule has 4 nitrogen and oxygen atoms in total. The highest BCUT2D eigenvalue weighted by molar-refractivity contribution is 5.78. The Morgan fingerprint density at radius 1 is 1.14 bits per heavy atom. The monoisotopic (exact) mass is 295 g/mol. The second-order valence-corrected chi connectivity index (χ2v) is 5.37. The molecule has 114 valence electrons. The van der Waals surface area contributed by atoms with Gasteiger partial charge in [-0.1, -0.05) is 48.5 Å². The van der Waals surface area contributed by atoms with Crippen LogP contribution in [0.25, 0.3) is 0 Å². The molecule has 2 aromatic rings. The van der Waals surface area contributed by atoms with Gasteiger partial charge < -0.3 is 15.8 Å². The van der Waals surface area contributed by atoms with Crippen molar-refractivity contribution < 1.29 is 4.74 Å². The second kappa shape index (κ2) is 6.98. The Hall–Kier alpha value is -2.49. The summed E-state index contributed by atoms with van der Waals surface area (Å²) in [5.41, 5.74) is 8.45. The first-order chi connectivity index (χ1) is 10.8. The summed E-state index contributed by atoms with van der Waals surface area (Å²) in [5, 5.41) is 3.31. The summed E-state index contributed by atoms with van der Waals surface area (Å²) in [7, 11) is 0. The summed E-state index contributed by atoms with van der Waals surface area (Å²) >= 11 is 0. The highest BCUT2D eigenvalue weighted by Crippen LogP contribution is 2.31. The lowest BCUT2D eigenvalue weighted by molar-refractivity contribution is 0.262. The fourth-order valence-corrected chi connectivity index (χ4v) is 2.67. The van der Waals surface area contributed by atoms with Crippen LogP contribution in [0.15, 0.2) is 59.6 Å². The maximum absolute atomic E-state index is 6.02. The van der Waals surface area contributed by atoms with Gasteiger partial charge in [-0.05, 0) is 18.1 Å². The van der Waals surface area contributed by atoms with E-state index in [2.05, 4.69) is 28.5 Å². The van der Waals surface area contributed by atoms with Gasteiger partial charge in [-0.2, -0.15) is 0 Å². The van der Waals surface area contributed by atoms with Gasteiger partial charge in [-0.3, -0.25) is 4.99 Å². The third-order valence-corrected chi connectivity index (χ3v) is 3.81. The van der Waals surface area contributed by atoms with Gasteiger partial charge in [-0.25, -0.2) is 0 Å². The molecule has 1 aliphatic heterocycles. The Bertz CT molecular complexity index is 640. The van der Waals surface area contributed by atoms with Crippen molar-refractivity contribution in [1.29, 1.82) is 0 Å². The Morgan fingerprint density at radius 2 is 1.91 bits per heavy atom. The van der Waals surface area contributed by atoms with Crippen LogP contribution in [0.3, 0.4) is 0 Å². The molecule has 0 amide bonds. The highest BCUT2D eigenvalue weighted by Gasteiger charge is 2.20. The van der Waals surface area contributed by atoms with Crippen LogP contribution in [-0.4, -0.2) is 19.1 Å². The van der Waals surface area contributed by atoms with Crippen molar-refractivity contribution in [3.05, 3.63) is 65.7 Å². The molecule has 0 fully saturated rings. The largest absolute Gasteiger partial charge is 0.493 e. The first-order valence-corrected chi connectivity index (χ1v) is 7.65. The van der Waals surface area contributed by atoms with Gasteiger partial charge in [0.25, 0.3) is 0 Å². The Kier molecular flexibility index (Phi) is 4.59. The van der Waals surface area contributed by atoms with E-state index in [0.717, 1.165) is 24.2 Å². The van der Waals surface area contributed by atoms with Crippen LogP contribution < -0.4 is 15.8 Å². The molecule has 0 aliphatic carbocycles. The average Bonchev–Trinajstić information content (AvgIpc) is 2.56. The highest BCUT2D eigenvalue weighted by atomic mass is 16.5. The summed E-state index contributed by atoms with van der Waals surface area (Å²) in [6, 6.07) is 18.6. The van der Waals surface area contributed by atoms with Gasteiger partial charge in [0.15, 0.2) is 5.96 Å². The van der Waals surface area contributed by atoms with E-state index in [0.29, 0.717) is 19.1 Å². The van der Waals surface area contributed by atoms with Gasteiger partial charge in [0.1, 0.15) is 5.75 Å². The fourth-order valence-electron chi connectivity index (χ4n) is 2.67. The van der Waals surface area contributed by atoms with E-state index in [-0.39, 0.29) is 6.04 Å². The summed E-state index contributed by atoms with van der Waals surface area (Å²) in [6.07, 6.45) is 1.79. The van der Waals surface area contributed by atoms with Gasteiger partial charge in [0, 0.05) is 18.5 Å². The minimum atomic E-state index is 0.172. The zero-order chi connectivity index (χ0) is 15.2. The van der Waals surface area contributed by atoms with E-state index in [1.54, 1.807) is 0 Å². The van der Waals surface area contributed by atoms with Crippen molar-refractivity contribution >= 4 is 5.96 Å². The van der Waals surface area contributed by atoms with Crippen LogP contribution in [0.5, 0.6) is 5.75 Å². The maximum atomic E-state index is 6.02. The third-order valence-electron chi connectivity index (χ3n) is 3.81. The lowest BCUT2D eigenvalue weighted by Gasteiger charge is -2.26. The topological polar surface area (TPSA) is 59.6 Å². The number of rotatable bonds is 4. The number of hydrogen-bond acceptors (Lipinski definition) is 2. The molecule has 0 bridgehead atoms. The summed E-state index contributed by atoms with van der Waals surface area (Å²) in [4.78, 5) is 4.43. The number of nitrogens with two attached hydrogens (primary N) is 1. The number of aliphatic imine (C=N–C) groups is 1. The fraction of sp³-hybridized carbons (Fsp3) is 0.278. The summed E-state index contributed by atoms with van der Waals surface area (Å²) in [6.45, 7) is 1.39. The molecule has 3 N–H and O–H groups in total. The summed E-state index contributed by atoms with van der Waals surface area (Å²) < 4.78 is 5.65. The third kappa shape index (κ3) is 3.58. The minimum Gasteiger partial charge on any atom is -0.493 e. The second-order valence-electron chi connectivity index (χ2n) is 5.37. The van der Waals surface area contributed by atoms with Crippen molar-refractivity contribution in [1.82, 2.24) is 5.32 Å². The van der Waals surface area contributed by atoms with E-state index >= 15 is 0 Å². The zero-order valence-corrected chi connectivity index (χ0v) is 12.5. The summed E-state index contributed by atoms with van der Waals surface area (Å²) in [5.74, 6) is 1.43. The molecular weight excluding hydrogens is 274 g/mol. The van der Waals surface area contributed by atoms with Crippen LogP contribution in [-0.2, 0) is 6.42 Å². The lowest BCUT2D eigenvalue weighted by atomic mass is 10.0. The van der Waals surface area contributed by atoms with Crippen molar-refractivity contribution in [3.8, 4) is 5.75 Å². The van der Waals surface area contributed by atoms with Gasteiger partial charge >= 0.3 is 0 Å². The van der Waals surface area contributed by atoms with Crippen molar-refractivity contribution in [3.63, 3.8) is 0 Å². The average molecular weight is 295 g/mol. The molecule has 1 aliphatic rings. The molecule has 0 saturated carbocycles. The standard InChI is InChI=1S/C18H21N3O/c19-18(20-12-10-14-6-2-1-3-7-14)21-16-11-13-22-17-9-5-4-8-15(16)17/h1-9,16H,10-13H2,(H3,19,20,21). The minimum absolute atomic E-state index is 0.172. The molecular formula is C18H21N3O. The van der Waals surface area contributed by atoms with Gasteiger partial charge in [0.2, 0.25) is 0 Å². The molecule has 0 saturated heterocycles. The number of nitrogens with zero attached hydrogens (tertiary/aromatic N) is 1. The van der Waals surface area contributed by atoms with Gasteiger partial charge in [-0.15, -0.1) is 0 Å². The molecule has 1 unspecified atom stereocenters. The molecule has 2 aromatic carbocycles. The number of ether oxygens (including phenoxy) is 1. The smallest absolute Gasteiger partial charge is 0.189 e. The molecule has 3 rings (SSSR count). The number of nitrogens with one attached hydrogen (secondary N) is 1. The van der Waals surface area contributed by atoms with E-state index in [4.69, 9.17) is 10.5 Å². The van der Waals surface area contributed by atoms with E-state index < -0.39 is 0 Å². The van der Waals surface area contributed by atoms with Crippen molar-refractivity contribution in [2.75, 3.05) is 13.2 Å². The van der Waals surface area contributed by atoms with E-state index in [1.165, 1.54) is 5.56 Å². The Balaban J connectivity index is 1.58. The van der Waals surface area contributed by atoms with Gasteiger partial charge in [0.05, 0.1) is 12.6 Å². The molecule has 0 spiro atoms. The lowest BCUT2D eigenvalue weighted by Crippen LogP contribution is -2.37. The first kappa shape index (κ1) is 14.4. The number of fused-ring (bicyclic) bond motifs is 1. The first-order valence-electron chi connectivity index (χ1n) is 7.65. The predicted molar refractivity (Wildman–Crippen MR) is 89.1 cm³/mol. The number of hydrogen-bond donors (Lipinski definition) is 2. The van der Waals surface area contributed by atoms with Crippen LogP contribution in [0.1, 0.15) is 23.6 Å². The zero-order valence-electron chi connectivity index (χ0n) is 12.5. The number of benzene rings is 2. The normalized spacial score (nSPS) is 17.5. The number of para-hydroxylation sites is 1. The van der Waals surface area contributed by atoms with E-state index in [1.807, 2.05) is 36.4 Å². The van der Waals surface area contributed by atoms with Crippen LogP contribution in [0, 0.1) is 0 Å². The molecule has 0 radical (unpaired) electrons.